The summed E-state index contributed by atoms with van der Waals surface area (Å²) in [5, 5.41) is 8.97. The summed E-state index contributed by atoms with van der Waals surface area (Å²) in [7, 11) is 1.82. The zero-order valence-corrected chi connectivity index (χ0v) is 15.5. The number of hydrogen-bond acceptors (Lipinski definition) is 4. The van der Waals surface area contributed by atoms with Crippen molar-refractivity contribution >= 4 is 17.3 Å². The maximum absolute atomic E-state index is 5.52. The summed E-state index contributed by atoms with van der Waals surface area (Å²) in [5.41, 5.74) is 1.32. The number of aliphatic imine (C=N–C) groups is 1. The summed E-state index contributed by atoms with van der Waals surface area (Å²) in [5.74, 6) is 0.836. The zero-order valence-electron chi connectivity index (χ0n) is 14.6. The van der Waals surface area contributed by atoms with Crippen LogP contribution in [0.5, 0.6) is 0 Å². The molecule has 25 heavy (non-hydrogen) atoms. The van der Waals surface area contributed by atoms with Gasteiger partial charge in [-0.2, -0.15) is 0 Å². The van der Waals surface area contributed by atoms with Gasteiger partial charge < -0.3 is 15.4 Å². The molecule has 0 saturated carbocycles. The van der Waals surface area contributed by atoms with Gasteiger partial charge in [0, 0.05) is 31.6 Å². The summed E-state index contributed by atoms with van der Waals surface area (Å²) in [4.78, 5) is 8.14. The van der Waals surface area contributed by atoms with Crippen LogP contribution in [-0.2, 0) is 11.3 Å². The molecule has 3 rings (SSSR count). The molecule has 0 bridgehead atoms. The molecular weight excluding hydrogens is 332 g/mol. The third-order valence-electron chi connectivity index (χ3n) is 4.37. The fraction of sp³-hybridized carbons (Fsp3) is 0.421. The largest absolute Gasteiger partial charge is 0.379 e. The molecule has 6 heteroatoms. The number of thiophene rings is 1. The molecule has 0 radical (unpaired) electrons. The molecule has 2 aromatic rings. The highest BCUT2D eigenvalue weighted by Gasteiger charge is 2.22. The van der Waals surface area contributed by atoms with Crippen molar-refractivity contribution in [1.82, 2.24) is 15.5 Å². The molecule has 134 valence electrons. The average Bonchev–Trinajstić information content (AvgIpc) is 3.20. The standard InChI is InChI=1S/C19H26N4OS/c1-20-19(21-14-17-8-5-13-25-17)22-15-18(16-6-3-2-4-7-16)23-9-11-24-12-10-23/h2-8,13,18H,9-12,14-15H2,1H3,(H2,20,21,22). The number of nitrogens with one attached hydrogen (secondary N) is 2. The highest BCUT2D eigenvalue weighted by molar-refractivity contribution is 7.09. The Bertz CT molecular complexity index is 639. The lowest BCUT2D eigenvalue weighted by atomic mass is 10.0. The van der Waals surface area contributed by atoms with Crippen LogP contribution < -0.4 is 10.6 Å². The second-order valence-corrected chi connectivity index (χ2v) is 6.99. The lowest BCUT2D eigenvalue weighted by molar-refractivity contribution is 0.0170. The highest BCUT2D eigenvalue weighted by Crippen LogP contribution is 2.21. The molecule has 0 amide bonds. The van der Waals surface area contributed by atoms with E-state index in [2.05, 4.69) is 68.4 Å². The van der Waals surface area contributed by atoms with Crippen LogP contribution in [0.15, 0.2) is 52.8 Å². The lowest BCUT2D eigenvalue weighted by Gasteiger charge is -2.35. The van der Waals surface area contributed by atoms with E-state index in [0.717, 1.165) is 45.4 Å². The van der Waals surface area contributed by atoms with Crippen molar-refractivity contribution in [2.24, 2.45) is 4.99 Å². The van der Waals surface area contributed by atoms with Crippen LogP contribution in [0.25, 0.3) is 0 Å². The predicted octanol–water partition coefficient (Wildman–Crippen LogP) is 2.49. The summed E-state index contributed by atoms with van der Waals surface area (Å²) >= 11 is 1.75. The summed E-state index contributed by atoms with van der Waals surface area (Å²) in [6.07, 6.45) is 0. The molecule has 1 aromatic heterocycles. The first kappa shape index (κ1) is 17.9. The third kappa shape index (κ3) is 5.29. The summed E-state index contributed by atoms with van der Waals surface area (Å²) in [6.45, 7) is 5.13. The summed E-state index contributed by atoms with van der Waals surface area (Å²) < 4.78 is 5.52. The molecular formula is C19H26N4OS. The molecule has 0 spiro atoms. The van der Waals surface area contributed by atoms with Gasteiger partial charge in [0.25, 0.3) is 0 Å². The van der Waals surface area contributed by atoms with Crippen LogP contribution in [0, 0.1) is 0 Å². The van der Waals surface area contributed by atoms with E-state index in [0.29, 0.717) is 6.04 Å². The van der Waals surface area contributed by atoms with Gasteiger partial charge in [0.1, 0.15) is 0 Å². The molecule has 1 aliphatic rings. The predicted molar refractivity (Wildman–Crippen MR) is 104 cm³/mol. The quantitative estimate of drug-likeness (QED) is 0.615. The zero-order chi connectivity index (χ0) is 17.3. The van der Waals surface area contributed by atoms with Crippen LogP contribution in [0.1, 0.15) is 16.5 Å². The van der Waals surface area contributed by atoms with E-state index >= 15 is 0 Å². The van der Waals surface area contributed by atoms with Crippen LogP contribution in [0.3, 0.4) is 0 Å². The Kier molecular flexibility index (Phi) is 6.85. The monoisotopic (exact) mass is 358 g/mol. The Morgan fingerprint density at radius 3 is 2.64 bits per heavy atom. The van der Waals surface area contributed by atoms with Gasteiger partial charge in [0.2, 0.25) is 0 Å². The first-order valence-corrected chi connectivity index (χ1v) is 9.58. The summed E-state index contributed by atoms with van der Waals surface area (Å²) in [6, 6.07) is 15.2. The van der Waals surface area contributed by atoms with Gasteiger partial charge in [-0.05, 0) is 17.0 Å². The number of morpholine rings is 1. The molecule has 1 fully saturated rings. The van der Waals surface area contributed by atoms with Crippen LogP contribution >= 0.6 is 11.3 Å². The minimum atomic E-state index is 0.311. The first-order chi connectivity index (χ1) is 12.4. The first-order valence-electron chi connectivity index (χ1n) is 8.70. The van der Waals surface area contributed by atoms with Gasteiger partial charge in [0.05, 0.1) is 25.8 Å². The SMILES string of the molecule is CN=C(NCc1cccs1)NCC(c1ccccc1)N1CCOCC1. The molecule has 5 nitrogen and oxygen atoms in total. The highest BCUT2D eigenvalue weighted by atomic mass is 32.1. The Morgan fingerprint density at radius 2 is 1.96 bits per heavy atom. The molecule has 1 unspecified atom stereocenters. The van der Waals surface area contributed by atoms with E-state index in [9.17, 15) is 0 Å². The number of guanidine groups is 1. The molecule has 0 aliphatic carbocycles. The van der Waals surface area contributed by atoms with E-state index in [1.54, 1.807) is 11.3 Å². The minimum Gasteiger partial charge on any atom is -0.379 e. The van der Waals surface area contributed by atoms with Crippen molar-refractivity contribution in [3.8, 4) is 0 Å². The molecule has 1 atom stereocenters. The second-order valence-electron chi connectivity index (χ2n) is 5.96. The van der Waals surface area contributed by atoms with Gasteiger partial charge in [-0.15, -0.1) is 11.3 Å². The normalized spacial score (nSPS) is 17.2. The topological polar surface area (TPSA) is 48.9 Å². The van der Waals surface area contributed by atoms with Crippen LogP contribution in [0.2, 0.25) is 0 Å². The second kappa shape index (κ2) is 9.56. The van der Waals surface area contributed by atoms with Crippen molar-refractivity contribution in [2.45, 2.75) is 12.6 Å². The fourth-order valence-electron chi connectivity index (χ4n) is 3.02. The number of nitrogens with zero attached hydrogens (tertiary/aromatic N) is 2. The minimum absolute atomic E-state index is 0.311. The van der Waals surface area contributed by atoms with Crippen molar-refractivity contribution in [2.75, 3.05) is 39.9 Å². The van der Waals surface area contributed by atoms with Crippen molar-refractivity contribution in [3.63, 3.8) is 0 Å². The van der Waals surface area contributed by atoms with Gasteiger partial charge in [-0.1, -0.05) is 36.4 Å². The van der Waals surface area contributed by atoms with E-state index in [1.165, 1.54) is 10.4 Å². The fourth-order valence-corrected chi connectivity index (χ4v) is 3.66. The van der Waals surface area contributed by atoms with Crippen molar-refractivity contribution in [1.29, 1.82) is 0 Å². The number of ether oxygens (including phenoxy) is 1. The van der Waals surface area contributed by atoms with Crippen molar-refractivity contribution < 1.29 is 4.74 Å². The van der Waals surface area contributed by atoms with E-state index in [1.807, 2.05) is 7.05 Å². The van der Waals surface area contributed by atoms with Gasteiger partial charge >= 0.3 is 0 Å². The third-order valence-corrected chi connectivity index (χ3v) is 5.24. The Hall–Kier alpha value is -1.89. The molecule has 2 heterocycles. The van der Waals surface area contributed by atoms with E-state index < -0.39 is 0 Å². The van der Waals surface area contributed by atoms with Gasteiger partial charge in [-0.25, -0.2) is 0 Å². The molecule has 2 N–H and O–H groups in total. The molecule has 1 aromatic carbocycles. The lowest BCUT2D eigenvalue weighted by Crippen LogP contribution is -2.46. The van der Waals surface area contributed by atoms with Gasteiger partial charge in [0.15, 0.2) is 5.96 Å². The van der Waals surface area contributed by atoms with E-state index in [4.69, 9.17) is 4.74 Å². The molecule has 1 saturated heterocycles. The van der Waals surface area contributed by atoms with E-state index in [-0.39, 0.29) is 0 Å². The van der Waals surface area contributed by atoms with Crippen LogP contribution in [0.4, 0.5) is 0 Å². The number of rotatable bonds is 6. The maximum atomic E-state index is 5.52. The average molecular weight is 359 g/mol. The maximum Gasteiger partial charge on any atom is 0.191 e. The van der Waals surface area contributed by atoms with Gasteiger partial charge in [-0.3, -0.25) is 9.89 Å². The smallest absolute Gasteiger partial charge is 0.191 e. The Labute approximate surface area is 153 Å². The van der Waals surface area contributed by atoms with Crippen LogP contribution in [-0.4, -0.2) is 50.8 Å². The Morgan fingerprint density at radius 1 is 1.16 bits per heavy atom. The number of benzene rings is 1. The number of hydrogen-bond donors (Lipinski definition) is 2. The molecule has 1 aliphatic heterocycles. The Balaban J connectivity index is 1.60. The van der Waals surface area contributed by atoms with Crippen molar-refractivity contribution in [3.05, 3.63) is 58.3 Å².